The van der Waals surface area contributed by atoms with E-state index in [9.17, 15) is 0 Å². The number of rotatable bonds is 8. The van der Waals surface area contributed by atoms with Gasteiger partial charge in [-0.1, -0.05) is 202 Å². The fourth-order valence-corrected chi connectivity index (χ4v) is 10.4. The van der Waals surface area contributed by atoms with Crippen LogP contribution in [0.2, 0.25) is 0 Å². The van der Waals surface area contributed by atoms with Crippen LogP contribution in [0.4, 0.5) is 17.1 Å². The van der Waals surface area contributed by atoms with Gasteiger partial charge in [-0.15, -0.1) is 0 Å². The van der Waals surface area contributed by atoms with Crippen LogP contribution in [0.3, 0.4) is 0 Å². The Kier molecular flexibility index (Phi) is 9.21. The smallest absolute Gasteiger partial charge is 0.0562 e. The van der Waals surface area contributed by atoms with E-state index in [2.05, 4.69) is 266 Å². The van der Waals surface area contributed by atoms with Crippen LogP contribution in [0.25, 0.3) is 83.1 Å². The summed E-state index contributed by atoms with van der Waals surface area (Å²) in [5.74, 6) is 0. The van der Waals surface area contributed by atoms with Crippen molar-refractivity contribution in [3.05, 3.63) is 254 Å². The molecule has 1 aliphatic rings. The van der Waals surface area contributed by atoms with E-state index in [1.54, 1.807) is 0 Å². The molecule has 65 heavy (non-hydrogen) atoms. The maximum absolute atomic E-state index is 2.47. The summed E-state index contributed by atoms with van der Waals surface area (Å²) in [6, 6.07) is 88.8. The number of anilines is 3. The van der Waals surface area contributed by atoms with Crippen molar-refractivity contribution in [1.82, 2.24) is 4.57 Å². The van der Waals surface area contributed by atoms with E-state index in [0.29, 0.717) is 0 Å². The molecule has 2 heteroatoms. The highest BCUT2D eigenvalue weighted by Crippen LogP contribution is 2.50. The molecule has 1 heterocycles. The van der Waals surface area contributed by atoms with Gasteiger partial charge in [0.1, 0.15) is 0 Å². The van der Waals surface area contributed by atoms with E-state index in [0.717, 1.165) is 28.3 Å². The lowest BCUT2D eigenvalue weighted by molar-refractivity contribution is 0.660. The van der Waals surface area contributed by atoms with Crippen LogP contribution < -0.4 is 4.90 Å². The first-order valence-electron chi connectivity index (χ1n) is 22.6. The molecule has 10 aromatic carbocycles. The minimum atomic E-state index is -0.0580. The molecular weight excluding hydrogens is 785 g/mol. The molecule has 308 valence electrons. The van der Waals surface area contributed by atoms with Crippen molar-refractivity contribution < 1.29 is 0 Å². The molecule has 2 nitrogen and oxygen atoms in total. The molecule has 0 N–H and O–H groups in total. The number of nitrogens with zero attached hydrogens (tertiary/aromatic N) is 2. The van der Waals surface area contributed by atoms with Gasteiger partial charge < -0.3 is 9.47 Å². The Hall–Kier alpha value is -8.20. The van der Waals surface area contributed by atoms with Gasteiger partial charge in [-0.25, -0.2) is 0 Å². The van der Waals surface area contributed by atoms with Gasteiger partial charge in [0.25, 0.3) is 0 Å². The molecule has 1 aliphatic carbocycles. The number of hydrogen-bond acceptors (Lipinski definition) is 1. The van der Waals surface area contributed by atoms with Gasteiger partial charge in [0, 0.05) is 38.8 Å². The number of benzene rings is 10. The van der Waals surface area contributed by atoms with Gasteiger partial charge in [-0.2, -0.15) is 0 Å². The Labute approximate surface area is 381 Å². The molecule has 0 spiro atoms. The third-order valence-electron chi connectivity index (χ3n) is 13.6. The molecule has 0 radical (unpaired) electrons. The van der Waals surface area contributed by atoms with E-state index in [1.807, 2.05) is 0 Å². The third kappa shape index (κ3) is 6.49. The maximum Gasteiger partial charge on any atom is 0.0562 e. The molecule has 12 rings (SSSR count). The van der Waals surface area contributed by atoms with Crippen molar-refractivity contribution >= 4 is 38.9 Å². The topological polar surface area (TPSA) is 8.17 Å². The Morgan fingerprint density at radius 1 is 0.308 bits per heavy atom. The summed E-state index contributed by atoms with van der Waals surface area (Å²) in [7, 11) is 0. The molecule has 0 amide bonds. The van der Waals surface area contributed by atoms with Crippen LogP contribution in [0, 0.1) is 0 Å². The largest absolute Gasteiger partial charge is 0.310 e. The average Bonchev–Trinajstić information content (AvgIpc) is 3.82. The zero-order valence-corrected chi connectivity index (χ0v) is 36.5. The zero-order chi connectivity index (χ0) is 43.5. The van der Waals surface area contributed by atoms with Crippen LogP contribution in [0.5, 0.6) is 0 Å². The summed E-state index contributed by atoms with van der Waals surface area (Å²) < 4.78 is 2.47. The van der Waals surface area contributed by atoms with Gasteiger partial charge in [0.15, 0.2) is 0 Å². The van der Waals surface area contributed by atoms with Crippen LogP contribution >= 0.6 is 0 Å². The number of aromatic nitrogens is 1. The summed E-state index contributed by atoms with van der Waals surface area (Å²) in [5, 5.41) is 2.44. The third-order valence-corrected chi connectivity index (χ3v) is 13.6. The minimum Gasteiger partial charge on any atom is -0.310 e. The van der Waals surface area contributed by atoms with Gasteiger partial charge in [-0.05, 0) is 116 Å². The normalized spacial score (nSPS) is 12.6. The summed E-state index contributed by atoms with van der Waals surface area (Å²) in [6.07, 6.45) is 0. The lowest BCUT2D eigenvalue weighted by Crippen LogP contribution is -2.14. The van der Waals surface area contributed by atoms with E-state index in [1.165, 1.54) is 83.1 Å². The fraction of sp³-hybridized carbons (Fsp3) is 0.0476. The van der Waals surface area contributed by atoms with Crippen molar-refractivity contribution in [3.8, 4) is 61.3 Å². The highest BCUT2D eigenvalue weighted by molar-refractivity contribution is 6.11. The van der Waals surface area contributed by atoms with Crippen LogP contribution in [-0.2, 0) is 5.41 Å². The monoisotopic (exact) mass is 830 g/mol. The molecule has 0 aliphatic heterocycles. The van der Waals surface area contributed by atoms with Crippen LogP contribution in [0.1, 0.15) is 25.0 Å². The first-order valence-corrected chi connectivity index (χ1v) is 22.6. The van der Waals surface area contributed by atoms with E-state index in [-0.39, 0.29) is 5.41 Å². The second-order valence-electron chi connectivity index (χ2n) is 17.7. The van der Waals surface area contributed by atoms with Gasteiger partial charge in [0.2, 0.25) is 0 Å². The molecule has 0 saturated heterocycles. The predicted octanol–water partition coefficient (Wildman–Crippen LogP) is 17.2. The SMILES string of the molecule is CC1(C)c2ccccc2-c2ccc(-c3ccc(N(c4ccc(-c5ccccc5)cc4)c4ccc5c6ccccc6n(-c6ccccc6-c6ccccc6-c6ccccc6)c5c4)cc3)cc21. The quantitative estimate of drug-likeness (QED) is 0.148. The number of para-hydroxylation sites is 2. The second-order valence-corrected chi connectivity index (χ2v) is 17.7. The van der Waals surface area contributed by atoms with Crippen molar-refractivity contribution in [2.75, 3.05) is 4.90 Å². The van der Waals surface area contributed by atoms with Crippen molar-refractivity contribution in [2.24, 2.45) is 0 Å². The first-order chi connectivity index (χ1) is 32.0. The lowest BCUT2D eigenvalue weighted by atomic mass is 9.81. The predicted molar refractivity (Wildman–Crippen MR) is 275 cm³/mol. The highest BCUT2D eigenvalue weighted by Gasteiger charge is 2.35. The number of fused-ring (bicyclic) bond motifs is 6. The Balaban J connectivity index is 1.01. The average molecular weight is 831 g/mol. The van der Waals surface area contributed by atoms with Gasteiger partial charge in [-0.3, -0.25) is 0 Å². The summed E-state index contributed by atoms with van der Waals surface area (Å²) in [4.78, 5) is 2.40. The maximum atomic E-state index is 2.47. The summed E-state index contributed by atoms with van der Waals surface area (Å²) >= 11 is 0. The number of hydrogen-bond donors (Lipinski definition) is 0. The molecule has 0 atom stereocenters. The summed E-state index contributed by atoms with van der Waals surface area (Å²) in [6.45, 7) is 4.70. The Morgan fingerprint density at radius 2 is 0.800 bits per heavy atom. The first kappa shape index (κ1) is 38.5. The molecule has 11 aromatic rings. The Morgan fingerprint density at radius 3 is 1.52 bits per heavy atom. The molecule has 0 unspecified atom stereocenters. The molecule has 0 saturated carbocycles. The van der Waals surface area contributed by atoms with E-state index in [4.69, 9.17) is 0 Å². The van der Waals surface area contributed by atoms with Crippen LogP contribution in [0.15, 0.2) is 243 Å². The fourth-order valence-electron chi connectivity index (χ4n) is 10.4. The van der Waals surface area contributed by atoms with Crippen LogP contribution in [-0.4, -0.2) is 4.57 Å². The Bertz CT molecular complexity index is 3540. The molecular formula is C63H46N2. The van der Waals surface area contributed by atoms with Gasteiger partial charge in [0.05, 0.1) is 16.7 Å². The standard InChI is InChI=1S/C63H46N2/c1-63(2)58-26-14-11-23-53(58)54-39-33-47(41-59(54)63)45-31-36-49(37-32-45)64(48-34-29-44(30-35-48)43-17-5-3-6-18-43)50-38-40-57-56-25-13-16-28-61(56)65(62(57)42-50)60-27-15-12-24-55(60)52-22-10-9-21-51(52)46-19-7-4-8-20-46/h3-42H,1-2H3. The summed E-state index contributed by atoms with van der Waals surface area (Å²) in [5.41, 5.74) is 21.8. The molecule has 1 aromatic heterocycles. The minimum absolute atomic E-state index is 0.0580. The van der Waals surface area contributed by atoms with Gasteiger partial charge >= 0.3 is 0 Å². The van der Waals surface area contributed by atoms with E-state index < -0.39 is 0 Å². The zero-order valence-electron chi connectivity index (χ0n) is 36.5. The van der Waals surface area contributed by atoms with Crippen molar-refractivity contribution in [3.63, 3.8) is 0 Å². The molecule has 0 fully saturated rings. The highest BCUT2D eigenvalue weighted by atomic mass is 15.1. The van der Waals surface area contributed by atoms with Crippen molar-refractivity contribution in [2.45, 2.75) is 19.3 Å². The lowest BCUT2D eigenvalue weighted by Gasteiger charge is -2.26. The van der Waals surface area contributed by atoms with Crippen molar-refractivity contribution in [1.29, 1.82) is 0 Å². The van der Waals surface area contributed by atoms with E-state index >= 15 is 0 Å². The molecule has 0 bridgehead atoms. The second kappa shape index (κ2) is 15.6.